The van der Waals surface area contributed by atoms with Crippen LogP contribution < -0.4 is 19.5 Å². The number of para-hydroxylation sites is 1. The fraction of sp³-hybridized carbons (Fsp3) is 0.0909. The van der Waals surface area contributed by atoms with Gasteiger partial charge in [-0.2, -0.15) is 0 Å². The molecule has 0 atom stereocenters. The average molecular weight is 430 g/mol. The summed E-state index contributed by atoms with van der Waals surface area (Å²) < 4.78 is 28.6. The summed E-state index contributed by atoms with van der Waals surface area (Å²) in [6, 6.07) is 16.7. The van der Waals surface area contributed by atoms with Crippen molar-refractivity contribution in [2.75, 3.05) is 19.0 Å². The summed E-state index contributed by atoms with van der Waals surface area (Å²) in [5.74, 6) is -0.605. The molecule has 1 N–H and O–H groups in total. The highest BCUT2D eigenvalue weighted by Gasteiger charge is 2.12. The van der Waals surface area contributed by atoms with Crippen LogP contribution in [-0.2, 0) is 4.79 Å². The van der Waals surface area contributed by atoms with Crippen molar-refractivity contribution < 1.29 is 28.2 Å². The Bertz CT molecular complexity index is 1060. The van der Waals surface area contributed by atoms with E-state index < -0.39 is 18.4 Å². The number of ether oxygens (including phenoxy) is 3. The number of amides is 1. The summed E-state index contributed by atoms with van der Waals surface area (Å²) in [7, 11) is 1.49. The van der Waals surface area contributed by atoms with E-state index in [0.717, 1.165) is 6.07 Å². The number of esters is 1. The van der Waals surface area contributed by atoms with Crippen LogP contribution >= 0.6 is 11.6 Å². The SMILES string of the molecule is COc1ccccc1C(=O)Nc1ccc(OC(=O)COc2ccc(F)cc2Cl)cc1. The standard InChI is InChI=1S/C22H17ClFNO5/c1-28-19-5-3-2-4-17(19)22(27)25-15-7-9-16(10-8-15)30-21(26)13-29-20-11-6-14(24)12-18(20)23/h2-12H,13H2,1H3,(H,25,27). The number of carbonyl (C=O) groups is 2. The molecular formula is C22H17ClFNO5. The number of anilines is 1. The molecule has 0 bridgehead atoms. The highest BCUT2D eigenvalue weighted by atomic mass is 35.5. The van der Waals surface area contributed by atoms with Gasteiger partial charge in [0.1, 0.15) is 23.1 Å². The van der Waals surface area contributed by atoms with Crippen molar-refractivity contribution >= 4 is 29.2 Å². The van der Waals surface area contributed by atoms with Gasteiger partial charge in [-0.15, -0.1) is 0 Å². The molecule has 3 aromatic carbocycles. The Morgan fingerprint density at radius 3 is 2.43 bits per heavy atom. The normalized spacial score (nSPS) is 10.2. The molecule has 0 heterocycles. The van der Waals surface area contributed by atoms with Crippen LogP contribution in [0.1, 0.15) is 10.4 Å². The first kappa shape index (κ1) is 21.1. The van der Waals surface area contributed by atoms with Gasteiger partial charge < -0.3 is 19.5 Å². The summed E-state index contributed by atoms with van der Waals surface area (Å²) >= 11 is 5.84. The lowest BCUT2D eigenvalue weighted by Crippen LogP contribution is -2.18. The molecule has 1 amide bonds. The number of carbonyl (C=O) groups excluding carboxylic acids is 2. The molecule has 0 fully saturated rings. The number of hydrogen-bond acceptors (Lipinski definition) is 5. The monoisotopic (exact) mass is 429 g/mol. The van der Waals surface area contributed by atoms with Gasteiger partial charge in [0.05, 0.1) is 17.7 Å². The van der Waals surface area contributed by atoms with Gasteiger partial charge in [0.2, 0.25) is 0 Å². The number of methoxy groups -OCH3 is 1. The summed E-state index contributed by atoms with van der Waals surface area (Å²) in [5.41, 5.74) is 0.909. The molecule has 3 rings (SSSR count). The lowest BCUT2D eigenvalue weighted by Gasteiger charge is -2.10. The third-order valence-corrected chi connectivity index (χ3v) is 4.23. The molecule has 30 heavy (non-hydrogen) atoms. The average Bonchev–Trinajstić information content (AvgIpc) is 2.74. The maximum absolute atomic E-state index is 13.0. The molecule has 6 nitrogen and oxygen atoms in total. The smallest absolute Gasteiger partial charge is 0.349 e. The lowest BCUT2D eigenvalue weighted by molar-refractivity contribution is -0.136. The summed E-state index contributed by atoms with van der Waals surface area (Å²) in [6.07, 6.45) is 0. The maximum Gasteiger partial charge on any atom is 0.349 e. The molecule has 0 saturated carbocycles. The first-order chi connectivity index (χ1) is 14.5. The van der Waals surface area contributed by atoms with E-state index in [2.05, 4.69) is 5.32 Å². The third-order valence-electron chi connectivity index (χ3n) is 3.93. The van der Waals surface area contributed by atoms with E-state index in [1.54, 1.807) is 36.4 Å². The van der Waals surface area contributed by atoms with Crippen LogP contribution in [0.2, 0.25) is 5.02 Å². The number of halogens is 2. The van der Waals surface area contributed by atoms with E-state index in [0.29, 0.717) is 17.0 Å². The minimum absolute atomic E-state index is 0.0536. The molecule has 0 unspecified atom stereocenters. The zero-order valence-electron chi connectivity index (χ0n) is 15.9. The second kappa shape index (κ2) is 9.76. The van der Waals surface area contributed by atoms with Gasteiger partial charge in [-0.3, -0.25) is 4.79 Å². The van der Waals surface area contributed by atoms with Crippen molar-refractivity contribution in [2.24, 2.45) is 0 Å². The van der Waals surface area contributed by atoms with Crippen molar-refractivity contribution in [1.29, 1.82) is 0 Å². The van der Waals surface area contributed by atoms with Gasteiger partial charge in [0.25, 0.3) is 5.91 Å². The number of benzene rings is 3. The van der Waals surface area contributed by atoms with Crippen LogP contribution in [0.15, 0.2) is 66.7 Å². The van der Waals surface area contributed by atoms with Gasteiger partial charge in [-0.05, 0) is 54.6 Å². The molecule has 0 aliphatic carbocycles. The Hall–Kier alpha value is -3.58. The van der Waals surface area contributed by atoms with Gasteiger partial charge in [-0.25, -0.2) is 9.18 Å². The minimum atomic E-state index is -0.666. The first-order valence-corrected chi connectivity index (χ1v) is 9.17. The Balaban J connectivity index is 1.55. The predicted octanol–water partition coefficient (Wildman–Crippen LogP) is 4.72. The molecule has 8 heteroatoms. The van der Waals surface area contributed by atoms with Crippen molar-refractivity contribution in [3.05, 3.63) is 83.1 Å². The molecule has 3 aromatic rings. The highest BCUT2D eigenvalue weighted by molar-refractivity contribution is 6.32. The topological polar surface area (TPSA) is 73.9 Å². The fourth-order valence-corrected chi connectivity index (χ4v) is 2.75. The number of hydrogen-bond donors (Lipinski definition) is 1. The molecule has 0 aromatic heterocycles. The second-order valence-electron chi connectivity index (χ2n) is 6.02. The van der Waals surface area contributed by atoms with Crippen molar-refractivity contribution in [1.82, 2.24) is 0 Å². The van der Waals surface area contributed by atoms with Crippen LogP contribution in [0.25, 0.3) is 0 Å². The van der Waals surface area contributed by atoms with E-state index >= 15 is 0 Å². The largest absolute Gasteiger partial charge is 0.496 e. The van der Waals surface area contributed by atoms with Crippen molar-refractivity contribution in [3.8, 4) is 17.2 Å². The molecule has 0 spiro atoms. The fourth-order valence-electron chi connectivity index (χ4n) is 2.53. The molecular weight excluding hydrogens is 413 g/mol. The number of rotatable bonds is 7. The maximum atomic E-state index is 13.0. The third kappa shape index (κ3) is 5.48. The quantitative estimate of drug-likeness (QED) is 0.434. The Labute approximate surface area is 177 Å². The molecule has 0 aliphatic rings. The zero-order chi connectivity index (χ0) is 21.5. The van der Waals surface area contributed by atoms with Crippen LogP contribution in [0.5, 0.6) is 17.2 Å². The van der Waals surface area contributed by atoms with Crippen molar-refractivity contribution in [2.45, 2.75) is 0 Å². The van der Waals surface area contributed by atoms with E-state index in [9.17, 15) is 14.0 Å². The van der Waals surface area contributed by atoms with Crippen LogP contribution in [-0.4, -0.2) is 25.6 Å². The summed E-state index contributed by atoms with van der Waals surface area (Å²) in [4.78, 5) is 24.3. The van der Waals surface area contributed by atoms with E-state index in [-0.39, 0.29) is 22.4 Å². The molecule has 154 valence electrons. The van der Waals surface area contributed by atoms with E-state index in [1.165, 1.54) is 31.4 Å². The van der Waals surface area contributed by atoms with Crippen LogP contribution in [0, 0.1) is 5.82 Å². The van der Waals surface area contributed by atoms with Crippen LogP contribution in [0.3, 0.4) is 0 Å². The van der Waals surface area contributed by atoms with E-state index in [4.69, 9.17) is 25.8 Å². The van der Waals surface area contributed by atoms with E-state index in [1.807, 2.05) is 0 Å². The second-order valence-corrected chi connectivity index (χ2v) is 6.42. The summed E-state index contributed by atoms with van der Waals surface area (Å²) in [6.45, 7) is -0.405. The van der Waals surface area contributed by atoms with Gasteiger partial charge in [-0.1, -0.05) is 23.7 Å². The van der Waals surface area contributed by atoms with Gasteiger partial charge in [0.15, 0.2) is 6.61 Å². The Morgan fingerprint density at radius 1 is 1.00 bits per heavy atom. The number of nitrogens with one attached hydrogen (secondary N) is 1. The van der Waals surface area contributed by atoms with Crippen molar-refractivity contribution in [3.63, 3.8) is 0 Å². The lowest BCUT2D eigenvalue weighted by atomic mass is 10.2. The Morgan fingerprint density at radius 2 is 1.73 bits per heavy atom. The molecule has 0 radical (unpaired) electrons. The highest BCUT2D eigenvalue weighted by Crippen LogP contribution is 2.25. The van der Waals surface area contributed by atoms with Gasteiger partial charge in [0, 0.05) is 5.69 Å². The molecule has 0 aliphatic heterocycles. The zero-order valence-corrected chi connectivity index (χ0v) is 16.6. The first-order valence-electron chi connectivity index (χ1n) is 8.79. The predicted molar refractivity (Wildman–Crippen MR) is 110 cm³/mol. The minimum Gasteiger partial charge on any atom is -0.496 e. The molecule has 0 saturated heterocycles. The Kier molecular flexibility index (Phi) is 6.87. The van der Waals surface area contributed by atoms with Crippen LogP contribution in [0.4, 0.5) is 10.1 Å². The summed E-state index contributed by atoms with van der Waals surface area (Å²) in [5, 5.41) is 2.80. The van der Waals surface area contributed by atoms with Gasteiger partial charge >= 0.3 is 5.97 Å².